The van der Waals surface area contributed by atoms with Crippen LogP contribution < -0.4 is 0 Å². The molecular weight excluding hydrogens is 138 g/mol. The summed E-state index contributed by atoms with van der Waals surface area (Å²) in [6.45, 7) is 0. The van der Waals surface area contributed by atoms with Gasteiger partial charge in [-0.2, -0.15) is 0 Å². The van der Waals surface area contributed by atoms with Crippen molar-refractivity contribution >= 4 is 0 Å². The number of ether oxygens (including phenoxy) is 1. The fourth-order valence-corrected chi connectivity index (χ4v) is 1.57. The molecule has 0 aromatic carbocycles. The summed E-state index contributed by atoms with van der Waals surface area (Å²) in [6, 6.07) is 4.83. The van der Waals surface area contributed by atoms with Crippen LogP contribution in [-0.4, -0.2) is 17.8 Å². The van der Waals surface area contributed by atoms with Gasteiger partial charge in [0.05, 0.1) is 6.10 Å². The normalized spacial score (nSPS) is 29.9. The van der Waals surface area contributed by atoms with E-state index in [1.807, 2.05) is 0 Å². The molecule has 1 aliphatic rings. The summed E-state index contributed by atoms with van der Waals surface area (Å²) in [4.78, 5) is 0. The lowest BCUT2D eigenvalue weighted by molar-refractivity contribution is 0.00630. The minimum absolute atomic E-state index is 0.502. The second-order valence-electron chi connectivity index (χ2n) is 3.11. The average Bonchev–Trinajstić information content (AvgIpc) is 2.37. The summed E-state index contributed by atoms with van der Waals surface area (Å²) >= 11 is 0. The summed E-state index contributed by atoms with van der Waals surface area (Å²) in [5, 5.41) is 0. The smallest absolute Gasteiger partial charge is 0.0610 e. The third-order valence-electron chi connectivity index (χ3n) is 2.45. The van der Waals surface area contributed by atoms with E-state index in [1.165, 1.54) is 12.8 Å². The molecule has 11 heavy (non-hydrogen) atoms. The van der Waals surface area contributed by atoms with Gasteiger partial charge in [0.2, 0.25) is 0 Å². The summed E-state index contributed by atoms with van der Waals surface area (Å²) in [5.41, 5.74) is 0. The third kappa shape index (κ3) is 1.18. The minimum Gasteiger partial charge on any atom is -0.381 e. The second-order valence-corrected chi connectivity index (χ2v) is 3.11. The zero-order valence-electron chi connectivity index (χ0n) is 6.73. The lowest BCUT2D eigenvalue weighted by atomic mass is 9.89. The van der Waals surface area contributed by atoms with Crippen LogP contribution in [-0.2, 0) is 4.74 Å². The van der Waals surface area contributed by atoms with Crippen LogP contribution in [0, 0.1) is 0 Å². The van der Waals surface area contributed by atoms with E-state index in [1.54, 1.807) is 7.11 Å². The molecule has 1 fully saturated rings. The molecule has 0 radical (unpaired) electrons. The number of hydrogen-bond acceptors (Lipinski definition) is 1. The second kappa shape index (κ2) is 2.70. The van der Waals surface area contributed by atoms with Gasteiger partial charge in [-0.3, -0.25) is 0 Å². The van der Waals surface area contributed by atoms with Gasteiger partial charge >= 0.3 is 0 Å². The Morgan fingerprint density at radius 1 is 1.27 bits per heavy atom. The van der Waals surface area contributed by atoms with Gasteiger partial charge in [0.15, 0.2) is 0 Å². The van der Waals surface area contributed by atoms with Crippen LogP contribution in [0.2, 0.25) is 0 Å². The Morgan fingerprint density at radius 2 is 1.91 bits per heavy atom. The maximum absolute atomic E-state index is 5.20. The van der Waals surface area contributed by atoms with Crippen LogP contribution >= 0.6 is 0 Å². The van der Waals surface area contributed by atoms with Crippen molar-refractivity contribution in [3.8, 4) is 0 Å². The average molecular weight is 151 g/mol. The van der Waals surface area contributed by atoms with Gasteiger partial charge in [-0.15, -0.1) is 0 Å². The molecule has 0 aliphatic heterocycles. The Labute approximate surface area is 66.8 Å². The number of hydrogen-bond donors (Lipinski definition) is 0. The van der Waals surface area contributed by atoms with Gasteiger partial charge in [-0.1, -0.05) is 0 Å². The van der Waals surface area contributed by atoms with E-state index in [9.17, 15) is 0 Å². The van der Waals surface area contributed by atoms with E-state index in [4.69, 9.17) is 4.74 Å². The number of rotatable bonds is 2. The Morgan fingerprint density at radius 3 is 2.45 bits per heavy atom. The molecule has 2 nitrogen and oxygen atoms in total. The monoisotopic (exact) mass is 151 g/mol. The van der Waals surface area contributed by atoms with Crippen molar-refractivity contribution in [1.82, 2.24) is 4.57 Å². The first-order valence-electron chi connectivity index (χ1n) is 4.05. The zero-order valence-corrected chi connectivity index (χ0v) is 6.73. The molecule has 1 saturated carbocycles. The number of methoxy groups -OCH3 is 1. The molecule has 2 rings (SSSR count). The van der Waals surface area contributed by atoms with Crippen molar-refractivity contribution in [2.24, 2.45) is 0 Å². The predicted molar refractivity (Wildman–Crippen MR) is 43.5 cm³/mol. The highest BCUT2D eigenvalue weighted by Gasteiger charge is 2.29. The van der Waals surface area contributed by atoms with Crippen LogP contribution in [0.15, 0.2) is 24.5 Å². The van der Waals surface area contributed by atoms with Gasteiger partial charge in [0.1, 0.15) is 0 Å². The largest absolute Gasteiger partial charge is 0.381 e. The third-order valence-corrected chi connectivity index (χ3v) is 2.45. The maximum Gasteiger partial charge on any atom is 0.0610 e. The first kappa shape index (κ1) is 6.92. The molecule has 0 saturated heterocycles. The molecule has 60 valence electrons. The van der Waals surface area contributed by atoms with E-state index in [0.717, 1.165) is 0 Å². The lowest BCUT2D eigenvalue weighted by Gasteiger charge is -2.35. The Balaban J connectivity index is 1.92. The molecule has 0 atom stereocenters. The van der Waals surface area contributed by atoms with Crippen molar-refractivity contribution in [2.75, 3.05) is 7.11 Å². The summed E-state index contributed by atoms with van der Waals surface area (Å²) in [7, 11) is 1.79. The molecule has 0 spiro atoms. The van der Waals surface area contributed by atoms with Gasteiger partial charge < -0.3 is 9.30 Å². The molecule has 0 amide bonds. The van der Waals surface area contributed by atoms with E-state index >= 15 is 0 Å². The van der Waals surface area contributed by atoms with E-state index in [-0.39, 0.29) is 0 Å². The van der Waals surface area contributed by atoms with E-state index in [0.29, 0.717) is 12.1 Å². The highest BCUT2D eigenvalue weighted by molar-refractivity contribution is 4.97. The molecule has 0 bridgehead atoms. The minimum atomic E-state index is 0.502. The molecular formula is C9H13NO. The Hall–Kier alpha value is -0.760. The highest BCUT2D eigenvalue weighted by Crippen LogP contribution is 2.33. The fraction of sp³-hybridized carbons (Fsp3) is 0.556. The molecule has 2 heteroatoms. The summed E-state index contributed by atoms with van der Waals surface area (Å²) in [5.74, 6) is 0. The first-order valence-corrected chi connectivity index (χ1v) is 4.05. The quantitative estimate of drug-likeness (QED) is 0.629. The summed E-state index contributed by atoms with van der Waals surface area (Å²) in [6.07, 6.45) is 7.09. The summed E-state index contributed by atoms with van der Waals surface area (Å²) < 4.78 is 7.46. The van der Waals surface area contributed by atoms with Crippen molar-refractivity contribution in [3.63, 3.8) is 0 Å². The van der Waals surface area contributed by atoms with Crippen molar-refractivity contribution in [2.45, 2.75) is 25.0 Å². The zero-order chi connectivity index (χ0) is 7.68. The molecule has 0 N–H and O–H groups in total. The van der Waals surface area contributed by atoms with Crippen LogP contribution in [0.3, 0.4) is 0 Å². The SMILES string of the molecule is COC1CC(n2cccc2)C1. The molecule has 1 aromatic rings. The van der Waals surface area contributed by atoms with Crippen LogP contribution in [0.25, 0.3) is 0 Å². The maximum atomic E-state index is 5.20. The fourth-order valence-electron chi connectivity index (χ4n) is 1.57. The predicted octanol–water partition coefficient (Wildman–Crippen LogP) is 1.84. The van der Waals surface area contributed by atoms with Crippen molar-refractivity contribution in [3.05, 3.63) is 24.5 Å². The Kier molecular flexibility index (Phi) is 1.70. The Bertz CT molecular complexity index is 211. The van der Waals surface area contributed by atoms with Gasteiger partial charge in [0, 0.05) is 25.5 Å². The molecule has 1 aromatic heterocycles. The molecule has 1 heterocycles. The van der Waals surface area contributed by atoms with Crippen molar-refractivity contribution in [1.29, 1.82) is 0 Å². The van der Waals surface area contributed by atoms with Crippen LogP contribution in [0.4, 0.5) is 0 Å². The van der Waals surface area contributed by atoms with Crippen molar-refractivity contribution < 1.29 is 4.74 Å². The van der Waals surface area contributed by atoms with E-state index in [2.05, 4.69) is 29.1 Å². The van der Waals surface area contributed by atoms with Gasteiger partial charge in [-0.05, 0) is 25.0 Å². The number of aromatic nitrogens is 1. The first-order chi connectivity index (χ1) is 5.40. The van der Waals surface area contributed by atoms with E-state index < -0.39 is 0 Å². The van der Waals surface area contributed by atoms with Gasteiger partial charge in [0.25, 0.3) is 0 Å². The molecule has 1 aliphatic carbocycles. The standard InChI is InChI=1S/C9H13NO/c1-11-9-6-8(7-9)10-4-2-3-5-10/h2-5,8-9H,6-7H2,1H3. The topological polar surface area (TPSA) is 14.2 Å². The lowest BCUT2D eigenvalue weighted by Crippen LogP contribution is -2.31. The van der Waals surface area contributed by atoms with Crippen LogP contribution in [0.1, 0.15) is 18.9 Å². The van der Waals surface area contributed by atoms with Gasteiger partial charge in [-0.25, -0.2) is 0 Å². The molecule has 0 unspecified atom stereocenters. The van der Waals surface area contributed by atoms with Crippen LogP contribution in [0.5, 0.6) is 0 Å². The number of nitrogens with zero attached hydrogens (tertiary/aromatic N) is 1. The highest BCUT2D eigenvalue weighted by atomic mass is 16.5.